The highest BCUT2D eigenvalue weighted by molar-refractivity contribution is 8.18. The molecule has 1 fully saturated rings. The molecule has 0 saturated carbocycles. The third-order valence-electron chi connectivity index (χ3n) is 4.81. The number of carbonyl (C=O) groups is 1. The Labute approximate surface area is 186 Å². The van der Waals surface area contributed by atoms with Crippen LogP contribution in [0.1, 0.15) is 16.7 Å². The van der Waals surface area contributed by atoms with Gasteiger partial charge in [-0.25, -0.2) is 4.99 Å². The zero-order valence-electron chi connectivity index (χ0n) is 16.6. The van der Waals surface area contributed by atoms with E-state index in [0.29, 0.717) is 21.6 Å². The van der Waals surface area contributed by atoms with Crippen molar-refractivity contribution in [1.29, 1.82) is 0 Å². The molecule has 0 radical (unpaired) electrons. The van der Waals surface area contributed by atoms with Gasteiger partial charge in [-0.1, -0.05) is 77.8 Å². The zero-order valence-corrected chi connectivity index (χ0v) is 18.2. The largest absolute Gasteiger partial charge is 0.286 e. The predicted molar refractivity (Wildman–Crippen MR) is 127 cm³/mol. The summed E-state index contributed by atoms with van der Waals surface area (Å²) < 4.78 is 0. The fraction of sp³-hybridized carbons (Fsp3) is 0.120. The van der Waals surface area contributed by atoms with Crippen molar-refractivity contribution in [3.8, 4) is 0 Å². The van der Waals surface area contributed by atoms with Gasteiger partial charge in [-0.05, 0) is 60.5 Å². The molecular weight excluding hydrogens is 412 g/mol. The molecule has 1 heterocycles. The first-order chi connectivity index (χ1) is 14.6. The minimum atomic E-state index is -0.0401. The summed E-state index contributed by atoms with van der Waals surface area (Å²) in [5, 5.41) is 1.32. The molecular formula is C25H21ClN2OS. The molecule has 0 unspecified atom stereocenters. The van der Waals surface area contributed by atoms with Gasteiger partial charge in [0, 0.05) is 11.6 Å². The summed E-state index contributed by atoms with van der Waals surface area (Å²) in [6, 6.07) is 25.7. The Morgan fingerprint density at radius 2 is 1.67 bits per heavy atom. The van der Waals surface area contributed by atoms with Gasteiger partial charge in [0.25, 0.3) is 5.91 Å². The number of halogens is 1. The predicted octanol–water partition coefficient (Wildman–Crippen LogP) is 6.50. The van der Waals surface area contributed by atoms with Gasteiger partial charge >= 0.3 is 0 Å². The van der Waals surface area contributed by atoms with Gasteiger partial charge in [-0.2, -0.15) is 0 Å². The molecule has 0 aliphatic carbocycles. The van der Waals surface area contributed by atoms with Crippen molar-refractivity contribution < 1.29 is 4.79 Å². The lowest BCUT2D eigenvalue weighted by atomic mass is 10.1. The summed E-state index contributed by atoms with van der Waals surface area (Å²) >= 11 is 7.69. The van der Waals surface area contributed by atoms with Gasteiger partial charge in [-0.3, -0.25) is 9.69 Å². The molecule has 0 atom stereocenters. The SMILES string of the molecule is Cc1ccc(N=C2S/C(=C/c3ccccc3Cl)C(=O)N2CCc2ccccc2)cc1. The first-order valence-corrected chi connectivity index (χ1v) is 10.9. The first-order valence-electron chi connectivity index (χ1n) is 9.75. The van der Waals surface area contributed by atoms with Crippen molar-refractivity contribution >= 4 is 46.2 Å². The monoisotopic (exact) mass is 432 g/mol. The fourth-order valence-electron chi connectivity index (χ4n) is 3.14. The van der Waals surface area contributed by atoms with E-state index in [-0.39, 0.29) is 5.91 Å². The number of thioether (sulfide) groups is 1. The van der Waals surface area contributed by atoms with Crippen LogP contribution in [0.25, 0.3) is 6.08 Å². The minimum Gasteiger partial charge on any atom is -0.286 e. The third-order valence-corrected chi connectivity index (χ3v) is 6.16. The van der Waals surface area contributed by atoms with Crippen LogP contribution in [0.3, 0.4) is 0 Å². The van der Waals surface area contributed by atoms with Crippen LogP contribution in [0.5, 0.6) is 0 Å². The van der Waals surface area contributed by atoms with E-state index in [1.807, 2.05) is 79.7 Å². The maximum Gasteiger partial charge on any atom is 0.266 e. The molecule has 1 aliphatic heterocycles. The summed E-state index contributed by atoms with van der Waals surface area (Å²) in [7, 11) is 0. The van der Waals surface area contributed by atoms with E-state index in [9.17, 15) is 4.79 Å². The Morgan fingerprint density at radius 3 is 2.40 bits per heavy atom. The molecule has 0 spiro atoms. The van der Waals surface area contributed by atoms with Crippen LogP contribution >= 0.6 is 23.4 Å². The summed E-state index contributed by atoms with van der Waals surface area (Å²) in [5.41, 5.74) is 4.03. The lowest BCUT2D eigenvalue weighted by molar-refractivity contribution is -0.122. The molecule has 5 heteroatoms. The van der Waals surface area contributed by atoms with Crippen molar-refractivity contribution in [2.75, 3.05) is 6.54 Å². The number of aliphatic imine (C=N–C) groups is 1. The van der Waals surface area contributed by atoms with Crippen molar-refractivity contribution in [3.63, 3.8) is 0 Å². The van der Waals surface area contributed by atoms with Gasteiger partial charge < -0.3 is 0 Å². The molecule has 1 saturated heterocycles. The van der Waals surface area contributed by atoms with Gasteiger partial charge in [0.2, 0.25) is 0 Å². The molecule has 150 valence electrons. The molecule has 4 rings (SSSR count). The smallest absolute Gasteiger partial charge is 0.266 e. The normalized spacial score (nSPS) is 16.6. The number of carbonyl (C=O) groups excluding carboxylic acids is 1. The molecule has 0 aromatic heterocycles. The highest BCUT2D eigenvalue weighted by atomic mass is 35.5. The van der Waals surface area contributed by atoms with Gasteiger partial charge in [0.15, 0.2) is 5.17 Å². The molecule has 30 heavy (non-hydrogen) atoms. The number of benzene rings is 3. The Balaban J connectivity index is 1.65. The molecule has 1 amide bonds. The summed E-state index contributed by atoms with van der Waals surface area (Å²) in [6.45, 7) is 2.61. The Kier molecular flexibility index (Phi) is 6.36. The summed E-state index contributed by atoms with van der Waals surface area (Å²) in [6.07, 6.45) is 2.61. The van der Waals surface area contributed by atoms with Crippen LogP contribution < -0.4 is 0 Å². The maximum atomic E-state index is 13.2. The summed E-state index contributed by atoms with van der Waals surface area (Å²) in [5.74, 6) is -0.0401. The van der Waals surface area contributed by atoms with E-state index >= 15 is 0 Å². The lowest BCUT2D eigenvalue weighted by Gasteiger charge is -2.15. The van der Waals surface area contributed by atoms with Crippen molar-refractivity contribution in [2.45, 2.75) is 13.3 Å². The standard InChI is InChI=1S/C25H21ClN2OS/c1-18-11-13-21(14-12-18)27-25-28(16-15-19-7-3-2-4-8-19)24(29)23(30-25)17-20-9-5-6-10-22(20)26/h2-14,17H,15-16H2,1H3/b23-17+,27-25?. The number of aryl methyl sites for hydroxylation is 1. The fourth-order valence-corrected chi connectivity index (χ4v) is 4.34. The third kappa shape index (κ3) is 4.84. The number of hydrogen-bond acceptors (Lipinski definition) is 3. The molecule has 3 aromatic rings. The van der Waals surface area contributed by atoms with Gasteiger partial charge in [-0.15, -0.1) is 0 Å². The topological polar surface area (TPSA) is 32.7 Å². The molecule has 0 bridgehead atoms. The minimum absolute atomic E-state index is 0.0401. The van der Waals surface area contributed by atoms with Crippen LogP contribution in [-0.4, -0.2) is 22.5 Å². The van der Waals surface area contributed by atoms with Crippen LogP contribution in [0.4, 0.5) is 5.69 Å². The summed E-state index contributed by atoms with van der Waals surface area (Å²) in [4.78, 5) is 20.4. The van der Waals surface area contributed by atoms with E-state index in [4.69, 9.17) is 16.6 Å². The molecule has 1 aliphatic rings. The van der Waals surface area contributed by atoms with Crippen molar-refractivity contribution in [2.24, 2.45) is 4.99 Å². The maximum absolute atomic E-state index is 13.2. The Morgan fingerprint density at radius 1 is 0.967 bits per heavy atom. The Hall–Kier alpha value is -2.82. The second-order valence-corrected chi connectivity index (χ2v) is 8.47. The highest BCUT2D eigenvalue weighted by Gasteiger charge is 2.33. The number of rotatable bonds is 5. The van der Waals surface area contributed by atoms with Crippen LogP contribution in [-0.2, 0) is 11.2 Å². The van der Waals surface area contributed by atoms with Crippen molar-refractivity contribution in [3.05, 3.63) is 105 Å². The van der Waals surface area contributed by atoms with Crippen LogP contribution in [0, 0.1) is 6.92 Å². The first kappa shape index (κ1) is 20.5. The van der Waals surface area contributed by atoms with Gasteiger partial charge in [0.05, 0.1) is 10.6 Å². The molecule has 3 nitrogen and oxygen atoms in total. The number of amidine groups is 1. The molecule has 3 aromatic carbocycles. The number of hydrogen-bond donors (Lipinski definition) is 0. The quantitative estimate of drug-likeness (QED) is 0.431. The average Bonchev–Trinajstić information content (AvgIpc) is 3.05. The average molecular weight is 433 g/mol. The van der Waals surface area contributed by atoms with E-state index in [0.717, 1.165) is 17.7 Å². The zero-order chi connectivity index (χ0) is 20.9. The number of amides is 1. The highest BCUT2D eigenvalue weighted by Crippen LogP contribution is 2.35. The van der Waals surface area contributed by atoms with Crippen LogP contribution in [0.2, 0.25) is 5.02 Å². The number of nitrogens with zero attached hydrogens (tertiary/aromatic N) is 2. The van der Waals surface area contributed by atoms with E-state index < -0.39 is 0 Å². The molecule has 0 N–H and O–H groups in total. The van der Waals surface area contributed by atoms with Gasteiger partial charge in [0.1, 0.15) is 0 Å². The van der Waals surface area contributed by atoms with E-state index in [2.05, 4.69) is 12.1 Å². The van der Waals surface area contributed by atoms with E-state index in [1.54, 1.807) is 4.90 Å². The van der Waals surface area contributed by atoms with E-state index in [1.165, 1.54) is 22.9 Å². The van der Waals surface area contributed by atoms with Crippen LogP contribution in [0.15, 0.2) is 88.8 Å². The lowest BCUT2D eigenvalue weighted by Crippen LogP contribution is -2.31. The second kappa shape index (κ2) is 9.33. The van der Waals surface area contributed by atoms with Crippen molar-refractivity contribution in [1.82, 2.24) is 4.90 Å². The Bertz CT molecular complexity index is 1110. The second-order valence-electron chi connectivity index (χ2n) is 7.05.